The van der Waals surface area contributed by atoms with E-state index in [9.17, 15) is 18.0 Å². The molecule has 1 atom stereocenters. The summed E-state index contributed by atoms with van der Waals surface area (Å²) in [7, 11) is -3.73. The standard InChI is InChI=1S/C21H24ClN3O4S2/c1-31(28,29)25-12-3-2-11-21(25,20(23)27)18-17(15-5-4-6-16(15)30-18)19(26)24-14-9-7-13(22)8-10-14/h7-10H,2-6,11-12H2,1H3,(H2,23,27)(H,24,26). The van der Waals surface area contributed by atoms with Crippen molar-refractivity contribution in [2.24, 2.45) is 5.73 Å². The molecule has 0 spiro atoms. The molecule has 1 aromatic carbocycles. The van der Waals surface area contributed by atoms with Crippen molar-refractivity contribution in [3.05, 3.63) is 50.2 Å². The molecule has 3 N–H and O–H groups in total. The Morgan fingerprint density at radius 1 is 1.16 bits per heavy atom. The Hall–Kier alpha value is -1.94. The molecule has 7 nitrogen and oxygen atoms in total. The minimum atomic E-state index is -3.73. The first-order valence-electron chi connectivity index (χ1n) is 10.1. The Morgan fingerprint density at radius 3 is 2.52 bits per heavy atom. The number of nitrogens with one attached hydrogen (secondary N) is 1. The number of halogens is 1. The van der Waals surface area contributed by atoms with Crippen LogP contribution in [0.15, 0.2) is 24.3 Å². The average molecular weight is 482 g/mol. The summed E-state index contributed by atoms with van der Waals surface area (Å²) in [6, 6.07) is 6.74. The Labute approximate surface area is 190 Å². The van der Waals surface area contributed by atoms with Crippen LogP contribution < -0.4 is 11.1 Å². The zero-order valence-corrected chi connectivity index (χ0v) is 19.5. The fraction of sp³-hybridized carbons (Fsp3) is 0.429. The van der Waals surface area contributed by atoms with Gasteiger partial charge in [-0.15, -0.1) is 11.3 Å². The number of hydrogen-bond acceptors (Lipinski definition) is 5. The molecule has 2 amide bonds. The number of fused-ring (bicyclic) bond motifs is 1. The van der Waals surface area contributed by atoms with E-state index in [-0.39, 0.29) is 18.9 Å². The molecular weight excluding hydrogens is 458 g/mol. The summed E-state index contributed by atoms with van der Waals surface area (Å²) < 4.78 is 26.5. The maximum absolute atomic E-state index is 13.4. The minimum absolute atomic E-state index is 0.197. The molecule has 2 aromatic rings. The SMILES string of the molecule is CS(=O)(=O)N1CCCCC1(C(N)=O)c1sc2c(c1C(=O)Nc1ccc(Cl)cc1)CCC2. The number of anilines is 1. The number of sulfonamides is 1. The molecule has 10 heteroatoms. The van der Waals surface area contributed by atoms with Gasteiger partial charge in [-0.25, -0.2) is 8.42 Å². The van der Waals surface area contributed by atoms with Gasteiger partial charge in [0, 0.05) is 27.0 Å². The van der Waals surface area contributed by atoms with Crippen molar-refractivity contribution in [3.8, 4) is 0 Å². The molecule has 1 fully saturated rings. The summed E-state index contributed by atoms with van der Waals surface area (Å²) in [5.74, 6) is -1.10. The Kier molecular flexibility index (Phi) is 5.89. The van der Waals surface area contributed by atoms with E-state index >= 15 is 0 Å². The lowest BCUT2D eigenvalue weighted by atomic mass is 9.83. The van der Waals surface area contributed by atoms with Crippen molar-refractivity contribution in [2.45, 2.75) is 44.1 Å². The van der Waals surface area contributed by atoms with E-state index < -0.39 is 21.5 Å². The third-order valence-corrected chi connectivity index (χ3v) is 9.00. The number of nitrogens with two attached hydrogens (primary N) is 1. The van der Waals surface area contributed by atoms with E-state index in [4.69, 9.17) is 17.3 Å². The number of thiophene rings is 1. The summed E-state index contributed by atoms with van der Waals surface area (Å²) in [6.07, 6.45) is 5.07. The first-order chi connectivity index (χ1) is 14.6. The number of carbonyl (C=O) groups is 2. The maximum Gasteiger partial charge on any atom is 0.257 e. The third-order valence-electron chi connectivity index (χ3n) is 6.01. The fourth-order valence-corrected chi connectivity index (χ4v) is 7.75. The summed E-state index contributed by atoms with van der Waals surface area (Å²) in [5.41, 5.74) is 6.20. The molecule has 1 unspecified atom stereocenters. The molecule has 0 saturated carbocycles. The van der Waals surface area contributed by atoms with Crippen LogP contribution in [0.5, 0.6) is 0 Å². The quantitative estimate of drug-likeness (QED) is 0.682. The number of nitrogens with zero attached hydrogens (tertiary/aromatic N) is 1. The highest BCUT2D eigenvalue weighted by atomic mass is 35.5. The summed E-state index contributed by atoms with van der Waals surface area (Å²) in [6.45, 7) is 0.197. The van der Waals surface area contributed by atoms with Gasteiger partial charge in [-0.1, -0.05) is 11.6 Å². The van der Waals surface area contributed by atoms with E-state index in [1.165, 1.54) is 15.6 Å². The number of amides is 2. The number of primary amides is 1. The van der Waals surface area contributed by atoms with Gasteiger partial charge in [0.25, 0.3) is 5.91 Å². The highest BCUT2D eigenvalue weighted by Crippen LogP contribution is 2.48. The van der Waals surface area contributed by atoms with Crippen LogP contribution in [-0.4, -0.2) is 37.3 Å². The predicted octanol–water partition coefficient (Wildman–Crippen LogP) is 3.27. The topological polar surface area (TPSA) is 110 Å². The molecule has 1 aliphatic carbocycles. The Balaban J connectivity index is 1.87. The second-order valence-electron chi connectivity index (χ2n) is 8.04. The van der Waals surface area contributed by atoms with Crippen molar-refractivity contribution in [3.63, 3.8) is 0 Å². The zero-order chi connectivity index (χ0) is 22.4. The number of hydrogen-bond donors (Lipinski definition) is 2. The number of aryl methyl sites for hydroxylation is 1. The van der Waals surface area contributed by atoms with Crippen LogP contribution in [0.3, 0.4) is 0 Å². The predicted molar refractivity (Wildman–Crippen MR) is 122 cm³/mol. The first kappa shape index (κ1) is 22.3. The largest absolute Gasteiger partial charge is 0.368 e. The van der Waals surface area contributed by atoms with Crippen LogP contribution in [0.4, 0.5) is 5.69 Å². The van der Waals surface area contributed by atoms with Crippen molar-refractivity contribution in [1.82, 2.24) is 4.31 Å². The Morgan fingerprint density at radius 2 is 1.87 bits per heavy atom. The third kappa shape index (κ3) is 3.88. The van der Waals surface area contributed by atoms with Gasteiger partial charge >= 0.3 is 0 Å². The molecule has 2 aliphatic rings. The molecule has 166 valence electrons. The highest BCUT2D eigenvalue weighted by Gasteiger charge is 2.53. The Bertz CT molecular complexity index is 1140. The number of carbonyl (C=O) groups excluding carboxylic acids is 2. The van der Waals surface area contributed by atoms with Crippen molar-refractivity contribution in [1.29, 1.82) is 0 Å². The van der Waals surface area contributed by atoms with Crippen molar-refractivity contribution in [2.75, 3.05) is 18.1 Å². The van der Waals surface area contributed by atoms with Gasteiger partial charge < -0.3 is 11.1 Å². The molecule has 1 aliphatic heterocycles. The summed E-state index contributed by atoms with van der Waals surface area (Å²) >= 11 is 7.29. The van der Waals surface area contributed by atoms with Crippen molar-refractivity contribution >= 4 is 50.5 Å². The molecule has 31 heavy (non-hydrogen) atoms. The van der Waals surface area contributed by atoms with E-state index in [0.29, 0.717) is 40.4 Å². The smallest absolute Gasteiger partial charge is 0.257 e. The zero-order valence-electron chi connectivity index (χ0n) is 17.1. The molecule has 0 bridgehead atoms. The van der Waals surface area contributed by atoms with Gasteiger partial charge in [0.1, 0.15) is 5.54 Å². The van der Waals surface area contributed by atoms with E-state index in [1.54, 1.807) is 24.3 Å². The molecular formula is C21H24ClN3O4S2. The van der Waals surface area contributed by atoms with E-state index in [1.807, 2.05) is 0 Å². The number of benzene rings is 1. The van der Waals surface area contributed by atoms with Gasteiger partial charge in [-0.3, -0.25) is 9.59 Å². The van der Waals surface area contributed by atoms with Crippen LogP contribution in [0.25, 0.3) is 0 Å². The summed E-state index contributed by atoms with van der Waals surface area (Å²) in [5, 5.41) is 3.43. The lowest BCUT2D eigenvalue weighted by molar-refractivity contribution is -0.129. The molecule has 0 radical (unpaired) electrons. The van der Waals surface area contributed by atoms with Crippen LogP contribution in [0.1, 0.15) is 51.4 Å². The van der Waals surface area contributed by atoms with Crippen LogP contribution in [-0.2, 0) is 33.2 Å². The maximum atomic E-state index is 13.4. The monoisotopic (exact) mass is 481 g/mol. The molecule has 1 aromatic heterocycles. The van der Waals surface area contributed by atoms with Crippen LogP contribution in [0.2, 0.25) is 5.02 Å². The van der Waals surface area contributed by atoms with Gasteiger partial charge in [0.15, 0.2) is 0 Å². The van der Waals surface area contributed by atoms with Gasteiger partial charge in [-0.2, -0.15) is 4.31 Å². The van der Waals surface area contributed by atoms with Gasteiger partial charge in [0.2, 0.25) is 15.9 Å². The number of piperidine rings is 1. The van der Waals surface area contributed by atoms with Crippen LogP contribution >= 0.6 is 22.9 Å². The fourth-order valence-electron chi connectivity index (χ4n) is 4.65. The van der Waals surface area contributed by atoms with Gasteiger partial charge in [-0.05, 0) is 68.4 Å². The van der Waals surface area contributed by atoms with Gasteiger partial charge in [0.05, 0.1) is 11.8 Å². The molecule has 4 rings (SSSR count). The summed E-state index contributed by atoms with van der Waals surface area (Å²) in [4.78, 5) is 27.8. The first-order valence-corrected chi connectivity index (χ1v) is 13.2. The average Bonchev–Trinajstić information content (AvgIpc) is 3.30. The van der Waals surface area contributed by atoms with E-state index in [0.717, 1.165) is 29.5 Å². The lowest BCUT2D eigenvalue weighted by Gasteiger charge is -2.43. The molecule has 1 saturated heterocycles. The van der Waals surface area contributed by atoms with Crippen LogP contribution in [0, 0.1) is 0 Å². The number of rotatable bonds is 5. The van der Waals surface area contributed by atoms with E-state index in [2.05, 4.69) is 5.32 Å². The second-order valence-corrected chi connectivity index (χ2v) is 11.5. The normalized spacial score (nSPS) is 21.6. The highest BCUT2D eigenvalue weighted by molar-refractivity contribution is 7.88. The van der Waals surface area contributed by atoms with Crippen molar-refractivity contribution < 1.29 is 18.0 Å². The minimum Gasteiger partial charge on any atom is -0.368 e. The second kappa shape index (κ2) is 8.20. The molecule has 2 heterocycles. The lowest BCUT2D eigenvalue weighted by Crippen LogP contribution is -2.59.